The minimum Gasteiger partial charge on any atom is -0.398 e. The molecule has 19 heavy (non-hydrogen) atoms. The molecule has 0 amide bonds. The minimum atomic E-state index is -3.77. The number of rotatable bonds is 2. The van der Waals surface area contributed by atoms with E-state index in [1.807, 2.05) is 0 Å². The summed E-state index contributed by atoms with van der Waals surface area (Å²) in [4.78, 5) is 0.0679. The van der Waals surface area contributed by atoms with Crippen molar-refractivity contribution < 1.29 is 8.42 Å². The van der Waals surface area contributed by atoms with Gasteiger partial charge in [0.15, 0.2) is 0 Å². The molecular weight excluding hydrogens is 396 g/mol. The zero-order chi connectivity index (χ0) is 14.2. The maximum absolute atomic E-state index is 12.6. The van der Waals surface area contributed by atoms with Crippen molar-refractivity contribution in [2.24, 2.45) is 0 Å². The van der Waals surface area contributed by atoms with Crippen LogP contribution in [-0.4, -0.2) is 8.42 Å². The lowest BCUT2D eigenvalue weighted by atomic mass is 10.3. The molecule has 7 heteroatoms. The first kappa shape index (κ1) is 14.4. The van der Waals surface area contributed by atoms with Crippen LogP contribution >= 0.6 is 31.9 Å². The Kier molecular flexibility index (Phi) is 3.89. The standard InChI is InChI=1S/C12H10Br2N2O2S/c13-7-4-5-11(8(14)6-7)19(17,18)12-9(15)2-1-3-10(12)16/h1-6H,15-16H2. The second-order valence-corrected chi connectivity index (χ2v) is 7.47. The van der Waals surface area contributed by atoms with Gasteiger partial charge in [0, 0.05) is 8.95 Å². The van der Waals surface area contributed by atoms with E-state index in [2.05, 4.69) is 31.9 Å². The Morgan fingerprint density at radius 2 is 1.53 bits per heavy atom. The molecule has 0 aromatic heterocycles. The summed E-state index contributed by atoms with van der Waals surface area (Å²) in [6.45, 7) is 0. The van der Waals surface area contributed by atoms with Gasteiger partial charge in [-0.1, -0.05) is 22.0 Å². The Morgan fingerprint density at radius 3 is 2.05 bits per heavy atom. The van der Waals surface area contributed by atoms with Crippen molar-refractivity contribution in [3.8, 4) is 0 Å². The molecule has 0 fully saturated rings. The molecule has 0 aliphatic heterocycles. The summed E-state index contributed by atoms with van der Waals surface area (Å²) < 4.78 is 26.4. The topological polar surface area (TPSA) is 86.2 Å². The van der Waals surface area contributed by atoms with Gasteiger partial charge >= 0.3 is 0 Å². The number of benzene rings is 2. The van der Waals surface area contributed by atoms with Crippen molar-refractivity contribution in [2.75, 3.05) is 11.5 Å². The zero-order valence-electron chi connectivity index (χ0n) is 9.60. The largest absolute Gasteiger partial charge is 0.398 e. The summed E-state index contributed by atoms with van der Waals surface area (Å²) in [6, 6.07) is 9.43. The molecule has 0 saturated carbocycles. The van der Waals surface area contributed by atoms with Gasteiger partial charge in [-0.15, -0.1) is 0 Å². The van der Waals surface area contributed by atoms with Crippen LogP contribution in [0.1, 0.15) is 0 Å². The van der Waals surface area contributed by atoms with E-state index in [0.29, 0.717) is 4.47 Å². The maximum Gasteiger partial charge on any atom is 0.211 e. The van der Waals surface area contributed by atoms with Crippen molar-refractivity contribution in [1.29, 1.82) is 0 Å². The average Bonchev–Trinajstić information content (AvgIpc) is 2.27. The molecule has 2 aromatic rings. The van der Waals surface area contributed by atoms with Gasteiger partial charge in [0.25, 0.3) is 0 Å². The molecule has 0 aliphatic carbocycles. The summed E-state index contributed by atoms with van der Waals surface area (Å²) in [6.07, 6.45) is 0. The number of nitrogen functional groups attached to an aromatic ring is 2. The lowest BCUT2D eigenvalue weighted by Crippen LogP contribution is -2.09. The highest BCUT2D eigenvalue weighted by atomic mass is 79.9. The van der Waals surface area contributed by atoms with Gasteiger partial charge in [-0.2, -0.15) is 0 Å². The average molecular weight is 406 g/mol. The van der Waals surface area contributed by atoms with E-state index in [1.54, 1.807) is 18.2 Å². The Hall–Kier alpha value is -1.05. The highest BCUT2D eigenvalue weighted by Gasteiger charge is 2.25. The van der Waals surface area contributed by atoms with Gasteiger partial charge in [-0.25, -0.2) is 8.42 Å². The summed E-state index contributed by atoms with van der Waals surface area (Å²) in [5.41, 5.74) is 11.8. The van der Waals surface area contributed by atoms with E-state index in [4.69, 9.17) is 11.5 Å². The molecule has 0 atom stereocenters. The molecule has 0 bridgehead atoms. The lowest BCUT2D eigenvalue weighted by Gasteiger charge is -2.11. The van der Waals surface area contributed by atoms with Crippen LogP contribution in [0, 0.1) is 0 Å². The van der Waals surface area contributed by atoms with Crippen LogP contribution in [-0.2, 0) is 9.84 Å². The molecular formula is C12H10Br2N2O2S. The lowest BCUT2D eigenvalue weighted by molar-refractivity contribution is 0.596. The second-order valence-electron chi connectivity index (χ2n) is 3.84. The summed E-state index contributed by atoms with van der Waals surface area (Å²) in [7, 11) is -3.77. The van der Waals surface area contributed by atoms with Crippen LogP contribution in [0.3, 0.4) is 0 Å². The minimum absolute atomic E-state index is 0.0574. The molecule has 100 valence electrons. The van der Waals surface area contributed by atoms with Crippen LogP contribution in [0.4, 0.5) is 11.4 Å². The zero-order valence-corrected chi connectivity index (χ0v) is 13.6. The van der Waals surface area contributed by atoms with Crippen molar-refractivity contribution in [2.45, 2.75) is 9.79 Å². The van der Waals surface area contributed by atoms with E-state index in [9.17, 15) is 8.42 Å². The molecule has 4 nitrogen and oxygen atoms in total. The van der Waals surface area contributed by atoms with Crippen LogP contribution in [0.25, 0.3) is 0 Å². The summed E-state index contributed by atoms with van der Waals surface area (Å²) in [5.74, 6) is 0. The molecule has 0 radical (unpaired) electrons. The Labute approximate surface area is 128 Å². The molecule has 4 N–H and O–H groups in total. The van der Waals surface area contributed by atoms with E-state index in [-0.39, 0.29) is 21.2 Å². The highest BCUT2D eigenvalue weighted by molar-refractivity contribution is 9.11. The molecule has 0 heterocycles. The Morgan fingerprint density at radius 1 is 0.947 bits per heavy atom. The van der Waals surface area contributed by atoms with E-state index < -0.39 is 9.84 Å². The van der Waals surface area contributed by atoms with Crippen LogP contribution in [0.2, 0.25) is 0 Å². The van der Waals surface area contributed by atoms with Crippen LogP contribution < -0.4 is 11.5 Å². The quantitative estimate of drug-likeness (QED) is 0.751. The molecule has 0 saturated heterocycles. The summed E-state index contributed by atoms with van der Waals surface area (Å²) >= 11 is 6.51. The molecule has 0 aliphatic rings. The number of nitrogens with two attached hydrogens (primary N) is 2. The number of anilines is 2. The molecule has 2 rings (SSSR count). The third-order valence-corrected chi connectivity index (χ3v) is 5.88. The molecule has 0 unspecified atom stereocenters. The van der Waals surface area contributed by atoms with Gasteiger partial charge in [-0.05, 0) is 46.3 Å². The van der Waals surface area contributed by atoms with Gasteiger partial charge in [-0.3, -0.25) is 0 Å². The first-order chi connectivity index (χ1) is 8.84. The van der Waals surface area contributed by atoms with Crippen LogP contribution in [0.15, 0.2) is 55.1 Å². The van der Waals surface area contributed by atoms with Gasteiger partial charge < -0.3 is 11.5 Å². The fourth-order valence-electron chi connectivity index (χ4n) is 1.69. The number of hydrogen-bond acceptors (Lipinski definition) is 4. The molecule has 2 aromatic carbocycles. The van der Waals surface area contributed by atoms with Crippen molar-refractivity contribution in [3.05, 3.63) is 45.3 Å². The Balaban J connectivity index is 2.73. The fourth-order valence-corrected chi connectivity index (χ4v) is 4.91. The summed E-state index contributed by atoms with van der Waals surface area (Å²) in [5, 5.41) is 0. The van der Waals surface area contributed by atoms with E-state index in [0.717, 1.165) is 4.47 Å². The normalized spacial score (nSPS) is 11.5. The first-order valence-electron chi connectivity index (χ1n) is 5.18. The SMILES string of the molecule is Nc1cccc(N)c1S(=O)(=O)c1ccc(Br)cc1Br. The van der Waals surface area contributed by atoms with Crippen molar-refractivity contribution in [1.82, 2.24) is 0 Å². The number of sulfone groups is 1. The second kappa shape index (κ2) is 5.15. The van der Waals surface area contributed by atoms with E-state index >= 15 is 0 Å². The number of hydrogen-bond donors (Lipinski definition) is 2. The predicted octanol–water partition coefficient (Wildman–Crippen LogP) is 3.21. The van der Waals surface area contributed by atoms with E-state index in [1.165, 1.54) is 18.2 Å². The monoisotopic (exact) mass is 404 g/mol. The third kappa shape index (κ3) is 2.63. The van der Waals surface area contributed by atoms with Gasteiger partial charge in [0.1, 0.15) is 4.90 Å². The first-order valence-corrected chi connectivity index (χ1v) is 8.25. The fraction of sp³-hybridized carbons (Fsp3) is 0. The van der Waals surface area contributed by atoms with Gasteiger partial charge in [0.2, 0.25) is 9.84 Å². The number of halogens is 2. The third-order valence-electron chi connectivity index (χ3n) is 2.53. The van der Waals surface area contributed by atoms with Crippen molar-refractivity contribution >= 4 is 53.1 Å². The Bertz CT molecular complexity index is 725. The predicted molar refractivity (Wildman–Crippen MR) is 82.6 cm³/mol. The van der Waals surface area contributed by atoms with Crippen LogP contribution in [0.5, 0.6) is 0 Å². The maximum atomic E-state index is 12.6. The van der Waals surface area contributed by atoms with Gasteiger partial charge in [0.05, 0.1) is 16.3 Å². The highest BCUT2D eigenvalue weighted by Crippen LogP contribution is 2.35. The van der Waals surface area contributed by atoms with Crippen molar-refractivity contribution in [3.63, 3.8) is 0 Å². The smallest absolute Gasteiger partial charge is 0.211 e. The molecule has 0 spiro atoms.